The van der Waals surface area contributed by atoms with Crippen LogP contribution in [0, 0.1) is 6.92 Å². The number of benzene rings is 2. The van der Waals surface area contributed by atoms with E-state index >= 15 is 0 Å². The van der Waals surface area contributed by atoms with Crippen LogP contribution in [0.2, 0.25) is 0 Å². The SMILES string of the molecule is COC(=O)Oc1ccccc1COc1ccc(C)cc1C(F)F. The van der Waals surface area contributed by atoms with E-state index in [-0.39, 0.29) is 23.7 Å². The monoisotopic (exact) mass is 322 g/mol. The summed E-state index contributed by atoms with van der Waals surface area (Å²) in [6.45, 7) is 1.71. The van der Waals surface area contributed by atoms with E-state index in [1.54, 1.807) is 37.3 Å². The molecule has 0 unspecified atom stereocenters. The molecule has 2 aromatic carbocycles. The van der Waals surface area contributed by atoms with Crippen molar-refractivity contribution < 1.29 is 27.8 Å². The molecule has 0 saturated carbocycles. The zero-order valence-corrected chi connectivity index (χ0v) is 12.7. The average Bonchev–Trinajstić information content (AvgIpc) is 2.54. The van der Waals surface area contributed by atoms with Gasteiger partial charge in [-0.15, -0.1) is 0 Å². The van der Waals surface area contributed by atoms with Crippen molar-refractivity contribution in [2.75, 3.05) is 7.11 Å². The number of carbonyl (C=O) groups is 1. The first-order valence-corrected chi connectivity index (χ1v) is 6.86. The number of hydrogen-bond acceptors (Lipinski definition) is 4. The number of carbonyl (C=O) groups excluding carboxylic acids is 1. The molecule has 0 N–H and O–H groups in total. The Morgan fingerprint density at radius 2 is 1.87 bits per heavy atom. The summed E-state index contributed by atoms with van der Waals surface area (Å²) < 4.78 is 41.0. The molecule has 0 amide bonds. The predicted octanol–water partition coefficient (Wildman–Crippen LogP) is 4.66. The molecule has 0 atom stereocenters. The van der Waals surface area contributed by atoms with E-state index < -0.39 is 12.6 Å². The van der Waals surface area contributed by atoms with Crippen molar-refractivity contribution >= 4 is 6.16 Å². The molecule has 0 bridgehead atoms. The van der Waals surface area contributed by atoms with E-state index in [1.807, 2.05) is 0 Å². The van der Waals surface area contributed by atoms with Gasteiger partial charge in [-0.05, 0) is 25.1 Å². The van der Waals surface area contributed by atoms with Gasteiger partial charge in [-0.3, -0.25) is 0 Å². The Labute approximate surface area is 132 Å². The van der Waals surface area contributed by atoms with Gasteiger partial charge in [-0.25, -0.2) is 13.6 Å². The van der Waals surface area contributed by atoms with Gasteiger partial charge in [0.25, 0.3) is 6.43 Å². The van der Waals surface area contributed by atoms with E-state index in [2.05, 4.69) is 4.74 Å². The molecule has 0 saturated heterocycles. The van der Waals surface area contributed by atoms with Gasteiger partial charge in [-0.1, -0.05) is 29.8 Å². The van der Waals surface area contributed by atoms with Gasteiger partial charge in [0, 0.05) is 5.56 Å². The van der Waals surface area contributed by atoms with E-state index in [0.717, 1.165) is 5.56 Å². The van der Waals surface area contributed by atoms with Crippen LogP contribution in [-0.2, 0) is 11.3 Å². The fraction of sp³-hybridized carbons (Fsp3) is 0.235. The van der Waals surface area contributed by atoms with Crippen LogP contribution in [0.4, 0.5) is 13.6 Å². The molecule has 2 aromatic rings. The number of ether oxygens (including phenoxy) is 3. The molecule has 0 spiro atoms. The van der Waals surface area contributed by atoms with Crippen molar-refractivity contribution in [1.82, 2.24) is 0 Å². The minimum atomic E-state index is -2.63. The van der Waals surface area contributed by atoms with E-state index in [4.69, 9.17) is 9.47 Å². The molecular formula is C17H16F2O4. The first-order chi connectivity index (χ1) is 11.0. The molecular weight excluding hydrogens is 306 g/mol. The number of alkyl halides is 2. The summed E-state index contributed by atoms with van der Waals surface area (Å²) in [6.07, 6.45) is -3.49. The van der Waals surface area contributed by atoms with Crippen molar-refractivity contribution in [2.45, 2.75) is 20.0 Å². The van der Waals surface area contributed by atoms with Gasteiger partial charge >= 0.3 is 6.16 Å². The van der Waals surface area contributed by atoms with Crippen molar-refractivity contribution in [1.29, 1.82) is 0 Å². The standard InChI is InChI=1S/C17H16F2O4/c1-11-7-8-15(13(9-11)16(18)19)22-10-12-5-3-4-6-14(12)23-17(20)21-2/h3-9,16H,10H2,1-2H3. The number of rotatable bonds is 5. The number of methoxy groups -OCH3 is 1. The van der Waals surface area contributed by atoms with Gasteiger partial charge in [0.1, 0.15) is 18.1 Å². The van der Waals surface area contributed by atoms with Crippen LogP contribution in [0.1, 0.15) is 23.1 Å². The number of aryl methyl sites for hydroxylation is 1. The highest BCUT2D eigenvalue weighted by molar-refractivity contribution is 5.64. The van der Waals surface area contributed by atoms with Crippen LogP contribution in [0.25, 0.3) is 0 Å². The lowest BCUT2D eigenvalue weighted by Gasteiger charge is -2.13. The maximum atomic E-state index is 13.1. The Kier molecular flexibility index (Phi) is 5.51. The fourth-order valence-corrected chi connectivity index (χ4v) is 1.98. The second kappa shape index (κ2) is 7.58. The Morgan fingerprint density at radius 1 is 1.13 bits per heavy atom. The Bertz CT molecular complexity index is 686. The summed E-state index contributed by atoms with van der Waals surface area (Å²) in [7, 11) is 1.20. The molecule has 0 aromatic heterocycles. The number of para-hydroxylation sites is 1. The minimum Gasteiger partial charge on any atom is -0.488 e. The van der Waals surface area contributed by atoms with Crippen LogP contribution in [0.5, 0.6) is 11.5 Å². The Balaban J connectivity index is 2.17. The maximum Gasteiger partial charge on any atom is 0.513 e. The molecule has 0 heterocycles. The number of halogens is 2. The lowest BCUT2D eigenvalue weighted by Crippen LogP contribution is -2.10. The highest BCUT2D eigenvalue weighted by Crippen LogP contribution is 2.31. The zero-order chi connectivity index (χ0) is 16.8. The van der Waals surface area contributed by atoms with Crippen molar-refractivity contribution in [2.24, 2.45) is 0 Å². The summed E-state index contributed by atoms with van der Waals surface area (Å²) in [5.74, 6) is 0.350. The van der Waals surface area contributed by atoms with Crippen LogP contribution >= 0.6 is 0 Å². The highest BCUT2D eigenvalue weighted by atomic mass is 19.3. The van der Waals surface area contributed by atoms with Crippen LogP contribution in [0.15, 0.2) is 42.5 Å². The smallest absolute Gasteiger partial charge is 0.488 e. The molecule has 2 rings (SSSR count). The highest BCUT2D eigenvalue weighted by Gasteiger charge is 2.15. The summed E-state index contributed by atoms with van der Waals surface area (Å²) >= 11 is 0. The first-order valence-electron chi connectivity index (χ1n) is 6.86. The van der Waals surface area contributed by atoms with Crippen LogP contribution in [0.3, 0.4) is 0 Å². The molecule has 6 heteroatoms. The third kappa shape index (κ3) is 4.42. The molecule has 0 radical (unpaired) electrons. The zero-order valence-electron chi connectivity index (χ0n) is 12.7. The van der Waals surface area contributed by atoms with Crippen molar-refractivity contribution in [3.05, 3.63) is 59.2 Å². The molecule has 0 aliphatic rings. The van der Waals surface area contributed by atoms with Crippen molar-refractivity contribution in [3.63, 3.8) is 0 Å². The Hall–Kier alpha value is -2.63. The van der Waals surface area contributed by atoms with Crippen molar-refractivity contribution in [3.8, 4) is 11.5 Å². The summed E-state index contributed by atoms with van der Waals surface area (Å²) in [5.41, 5.74) is 1.09. The molecule has 0 aliphatic carbocycles. The van der Waals surface area contributed by atoms with E-state index in [9.17, 15) is 13.6 Å². The summed E-state index contributed by atoms with van der Waals surface area (Å²) in [4.78, 5) is 11.2. The lowest BCUT2D eigenvalue weighted by molar-refractivity contribution is 0.120. The third-order valence-electron chi connectivity index (χ3n) is 3.12. The Morgan fingerprint density at radius 3 is 2.57 bits per heavy atom. The maximum absolute atomic E-state index is 13.1. The van der Waals surface area contributed by atoms with E-state index in [1.165, 1.54) is 19.2 Å². The topological polar surface area (TPSA) is 44.8 Å². The molecule has 0 fully saturated rings. The minimum absolute atomic E-state index is 0.0179. The summed E-state index contributed by atoms with van der Waals surface area (Å²) in [6, 6.07) is 11.2. The first kappa shape index (κ1) is 16.7. The molecule has 0 aliphatic heterocycles. The van der Waals surface area contributed by atoms with E-state index in [0.29, 0.717) is 5.56 Å². The quantitative estimate of drug-likeness (QED) is 0.593. The van der Waals surface area contributed by atoms with Gasteiger partial charge in [0.05, 0.1) is 12.7 Å². The lowest BCUT2D eigenvalue weighted by atomic mass is 10.1. The fourth-order valence-electron chi connectivity index (χ4n) is 1.98. The van der Waals surface area contributed by atoms with Gasteiger partial charge in [0.15, 0.2) is 0 Å². The summed E-state index contributed by atoms with van der Waals surface area (Å²) in [5, 5.41) is 0. The van der Waals surface area contributed by atoms with Gasteiger partial charge in [-0.2, -0.15) is 0 Å². The average molecular weight is 322 g/mol. The molecule has 122 valence electrons. The van der Waals surface area contributed by atoms with Gasteiger partial charge < -0.3 is 14.2 Å². The molecule has 23 heavy (non-hydrogen) atoms. The third-order valence-corrected chi connectivity index (χ3v) is 3.12. The van der Waals surface area contributed by atoms with Gasteiger partial charge in [0.2, 0.25) is 0 Å². The second-order valence-electron chi connectivity index (χ2n) is 4.79. The largest absolute Gasteiger partial charge is 0.513 e. The number of hydrogen-bond donors (Lipinski definition) is 0. The van der Waals surface area contributed by atoms with Crippen LogP contribution < -0.4 is 9.47 Å². The van der Waals surface area contributed by atoms with Crippen LogP contribution in [-0.4, -0.2) is 13.3 Å². The normalized spacial score (nSPS) is 10.5. The molecule has 4 nitrogen and oxygen atoms in total. The predicted molar refractivity (Wildman–Crippen MR) is 79.9 cm³/mol. The second-order valence-corrected chi connectivity index (χ2v) is 4.79.